The van der Waals surface area contributed by atoms with Crippen molar-refractivity contribution < 1.29 is 10.2 Å². The summed E-state index contributed by atoms with van der Waals surface area (Å²) in [6.07, 6.45) is 1.75. The third-order valence-corrected chi connectivity index (χ3v) is 4.04. The smallest absolute Gasteiger partial charge is 0.119 e. The molecule has 1 unspecified atom stereocenters. The van der Waals surface area contributed by atoms with Gasteiger partial charge in [-0.1, -0.05) is 43.3 Å². The lowest BCUT2D eigenvalue weighted by Gasteiger charge is -2.14. The van der Waals surface area contributed by atoms with Crippen molar-refractivity contribution in [3.05, 3.63) is 71.8 Å². The number of benzene rings is 3. The van der Waals surface area contributed by atoms with Crippen LogP contribution < -0.4 is 0 Å². The van der Waals surface area contributed by atoms with Crippen LogP contribution in [-0.4, -0.2) is 10.2 Å². The Bertz CT molecular complexity index is 775. The van der Waals surface area contributed by atoms with Gasteiger partial charge in [0.2, 0.25) is 0 Å². The van der Waals surface area contributed by atoms with E-state index in [4.69, 9.17) is 0 Å². The summed E-state index contributed by atoms with van der Waals surface area (Å²) in [5, 5.41) is 21.8. The summed E-state index contributed by atoms with van der Waals surface area (Å²) in [5.41, 5.74) is 2.19. The average molecular weight is 292 g/mol. The van der Waals surface area contributed by atoms with E-state index < -0.39 is 0 Å². The first-order valence-electron chi connectivity index (χ1n) is 7.60. The molecule has 1 atom stereocenters. The molecule has 0 aliphatic carbocycles. The molecule has 0 fully saturated rings. The first kappa shape index (κ1) is 14.5. The van der Waals surface area contributed by atoms with Gasteiger partial charge in [0.1, 0.15) is 11.5 Å². The summed E-state index contributed by atoms with van der Waals surface area (Å²) in [6, 6.07) is 19.3. The van der Waals surface area contributed by atoms with Gasteiger partial charge >= 0.3 is 0 Å². The average Bonchev–Trinajstić information content (AvgIpc) is 2.50. The van der Waals surface area contributed by atoms with Gasteiger partial charge in [0.05, 0.1) is 0 Å². The summed E-state index contributed by atoms with van der Waals surface area (Å²) < 4.78 is 0. The first-order chi connectivity index (χ1) is 10.6. The van der Waals surface area contributed by atoms with E-state index in [1.807, 2.05) is 36.4 Å². The Morgan fingerprint density at radius 2 is 1.45 bits per heavy atom. The lowest BCUT2D eigenvalue weighted by Crippen LogP contribution is -2.04. The third-order valence-electron chi connectivity index (χ3n) is 4.04. The summed E-state index contributed by atoms with van der Waals surface area (Å²) in [4.78, 5) is 0. The molecule has 0 saturated heterocycles. The van der Waals surface area contributed by atoms with E-state index >= 15 is 0 Å². The van der Waals surface area contributed by atoms with Gasteiger partial charge in [-0.15, -0.1) is 0 Å². The van der Waals surface area contributed by atoms with Gasteiger partial charge in [-0.05, 0) is 64.9 Å². The zero-order chi connectivity index (χ0) is 15.5. The first-order valence-corrected chi connectivity index (χ1v) is 7.60. The number of phenols is 2. The Morgan fingerprint density at radius 1 is 0.818 bits per heavy atom. The van der Waals surface area contributed by atoms with Crippen LogP contribution in [0.4, 0.5) is 0 Å². The Kier molecular flexibility index (Phi) is 4.01. The maximum atomic E-state index is 10.2. The zero-order valence-corrected chi connectivity index (χ0v) is 12.7. The topological polar surface area (TPSA) is 40.5 Å². The molecule has 3 aromatic carbocycles. The molecular formula is C20H20O2. The van der Waals surface area contributed by atoms with Crippen LogP contribution in [0.1, 0.15) is 18.1 Å². The molecule has 0 saturated carbocycles. The quantitative estimate of drug-likeness (QED) is 0.733. The lowest BCUT2D eigenvalue weighted by atomic mass is 9.92. The predicted molar refractivity (Wildman–Crippen MR) is 90.3 cm³/mol. The molecule has 0 aliphatic heterocycles. The Hall–Kier alpha value is -2.48. The molecule has 0 heterocycles. The van der Waals surface area contributed by atoms with Crippen LogP contribution in [0.3, 0.4) is 0 Å². The van der Waals surface area contributed by atoms with Gasteiger partial charge in [-0.25, -0.2) is 0 Å². The summed E-state index contributed by atoms with van der Waals surface area (Å²) in [7, 11) is 0. The van der Waals surface area contributed by atoms with E-state index in [1.54, 1.807) is 12.1 Å². The summed E-state index contributed by atoms with van der Waals surface area (Å²) >= 11 is 0. The zero-order valence-electron chi connectivity index (χ0n) is 12.7. The second-order valence-electron chi connectivity index (χ2n) is 6.01. The molecule has 0 aliphatic rings. The molecule has 0 amide bonds. The molecule has 3 aromatic rings. The van der Waals surface area contributed by atoms with Crippen LogP contribution in [0.15, 0.2) is 60.7 Å². The van der Waals surface area contributed by atoms with Gasteiger partial charge in [0, 0.05) is 0 Å². The summed E-state index contributed by atoms with van der Waals surface area (Å²) in [5.74, 6) is 1.08. The van der Waals surface area contributed by atoms with Crippen LogP contribution in [0.5, 0.6) is 11.5 Å². The van der Waals surface area contributed by atoms with Crippen LogP contribution in [0, 0.1) is 5.92 Å². The fourth-order valence-electron chi connectivity index (χ4n) is 2.92. The second-order valence-corrected chi connectivity index (χ2v) is 6.01. The normalized spacial score (nSPS) is 12.4. The SMILES string of the molecule is CC(Cc1ccc(O)cc1)Cc1cc2ccccc2cc1O. The maximum Gasteiger partial charge on any atom is 0.119 e. The number of hydrogen-bond donors (Lipinski definition) is 2. The van der Waals surface area contributed by atoms with E-state index in [9.17, 15) is 10.2 Å². The van der Waals surface area contributed by atoms with Gasteiger partial charge in [0.25, 0.3) is 0 Å². The number of aromatic hydroxyl groups is 2. The van der Waals surface area contributed by atoms with Crippen molar-refractivity contribution >= 4 is 10.8 Å². The van der Waals surface area contributed by atoms with Crippen LogP contribution >= 0.6 is 0 Å². The highest BCUT2D eigenvalue weighted by atomic mass is 16.3. The summed E-state index contributed by atoms with van der Waals surface area (Å²) in [6.45, 7) is 2.18. The van der Waals surface area contributed by atoms with Crippen molar-refractivity contribution in [1.82, 2.24) is 0 Å². The molecule has 0 aromatic heterocycles. The molecule has 2 N–H and O–H groups in total. The minimum Gasteiger partial charge on any atom is -0.508 e. The van der Waals surface area contributed by atoms with E-state index in [0.717, 1.165) is 29.2 Å². The molecule has 2 nitrogen and oxygen atoms in total. The van der Waals surface area contributed by atoms with Crippen molar-refractivity contribution in [3.63, 3.8) is 0 Å². The molecule has 3 rings (SSSR count). The molecule has 2 heteroatoms. The molecule has 0 spiro atoms. The minimum atomic E-state index is 0.295. The number of phenolic OH excluding ortho intramolecular Hbond substituents is 2. The van der Waals surface area contributed by atoms with Gasteiger partial charge in [0.15, 0.2) is 0 Å². The van der Waals surface area contributed by atoms with Crippen LogP contribution in [0.2, 0.25) is 0 Å². The Balaban J connectivity index is 1.77. The van der Waals surface area contributed by atoms with Crippen molar-refractivity contribution in [3.8, 4) is 11.5 Å². The standard InChI is InChI=1S/C20H20O2/c1-14(10-15-6-8-19(21)9-7-15)11-18-12-16-4-2-3-5-17(16)13-20(18)22/h2-9,12-14,21-22H,10-11H2,1H3. The van der Waals surface area contributed by atoms with Crippen molar-refractivity contribution in [2.24, 2.45) is 5.92 Å². The molecular weight excluding hydrogens is 272 g/mol. The third kappa shape index (κ3) is 3.22. The van der Waals surface area contributed by atoms with E-state index in [-0.39, 0.29) is 0 Å². The van der Waals surface area contributed by atoms with Crippen LogP contribution in [-0.2, 0) is 12.8 Å². The van der Waals surface area contributed by atoms with Gasteiger partial charge in [-0.2, -0.15) is 0 Å². The molecule has 0 bridgehead atoms. The second kappa shape index (κ2) is 6.10. The van der Waals surface area contributed by atoms with E-state index in [2.05, 4.69) is 19.1 Å². The Labute approximate surface area is 130 Å². The highest BCUT2D eigenvalue weighted by molar-refractivity contribution is 5.84. The number of hydrogen-bond acceptors (Lipinski definition) is 2. The van der Waals surface area contributed by atoms with Gasteiger partial charge < -0.3 is 10.2 Å². The minimum absolute atomic E-state index is 0.295. The van der Waals surface area contributed by atoms with Crippen molar-refractivity contribution in [1.29, 1.82) is 0 Å². The van der Waals surface area contributed by atoms with Crippen LogP contribution in [0.25, 0.3) is 10.8 Å². The molecule has 0 radical (unpaired) electrons. The number of fused-ring (bicyclic) bond motifs is 1. The monoisotopic (exact) mass is 292 g/mol. The predicted octanol–water partition coefficient (Wildman–Crippen LogP) is 4.67. The highest BCUT2D eigenvalue weighted by Gasteiger charge is 2.10. The van der Waals surface area contributed by atoms with Gasteiger partial charge in [-0.3, -0.25) is 0 Å². The fourth-order valence-corrected chi connectivity index (χ4v) is 2.92. The Morgan fingerprint density at radius 3 is 2.14 bits per heavy atom. The lowest BCUT2D eigenvalue weighted by molar-refractivity contribution is 0.459. The highest BCUT2D eigenvalue weighted by Crippen LogP contribution is 2.28. The van der Waals surface area contributed by atoms with E-state index in [1.165, 1.54) is 5.56 Å². The molecule has 22 heavy (non-hydrogen) atoms. The molecule has 112 valence electrons. The number of rotatable bonds is 4. The van der Waals surface area contributed by atoms with Crippen molar-refractivity contribution in [2.45, 2.75) is 19.8 Å². The van der Waals surface area contributed by atoms with Crippen molar-refractivity contribution in [2.75, 3.05) is 0 Å². The maximum absolute atomic E-state index is 10.2. The fraction of sp³-hybridized carbons (Fsp3) is 0.200. The largest absolute Gasteiger partial charge is 0.508 e. The van der Waals surface area contributed by atoms with E-state index in [0.29, 0.717) is 17.4 Å².